The van der Waals surface area contributed by atoms with Crippen LogP contribution in [0.2, 0.25) is 0 Å². The number of amides is 2. The van der Waals surface area contributed by atoms with E-state index in [0.717, 1.165) is 13.1 Å². The third-order valence-electron chi connectivity index (χ3n) is 4.31. The van der Waals surface area contributed by atoms with Gasteiger partial charge >= 0.3 is 0 Å². The number of carbonyl (C=O) groups is 2. The van der Waals surface area contributed by atoms with Crippen LogP contribution in [-0.2, 0) is 19.4 Å². The van der Waals surface area contributed by atoms with Crippen molar-refractivity contribution in [3.05, 3.63) is 0 Å². The number of likely N-dealkylation sites (N-methyl/N-ethyl adjacent to an activating group) is 1. The second kappa shape index (κ2) is 6.31. The standard InChI is InChI=1S/C13H23N3O4S/c1-14-4-6-16(7-5-14)13(18)9-12(17)15(2)11-3-8-21(19,20)10-11/h11H,3-10H2,1-2H3. The Hall–Kier alpha value is -1.15. The maximum atomic E-state index is 12.1. The molecule has 120 valence electrons. The van der Waals surface area contributed by atoms with E-state index in [9.17, 15) is 18.0 Å². The summed E-state index contributed by atoms with van der Waals surface area (Å²) in [6, 6.07) is -0.289. The summed E-state index contributed by atoms with van der Waals surface area (Å²) < 4.78 is 22.9. The van der Waals surface area contributed by atoms with Crippen molar-refractivity contribution in [1.82, 2.24) is 14.7 Å². The summed E-state index contributed by atoms with van der Waals surface area (Å²) in [5.41, 5.74) is 0. The Morgan fingerprint density at radius 1 is 1.19 bits per heavy atom. The van der Waals surface area contributed by atoms with E-state index in [1.165, 1.54) is 4.90 Å². The summed E-state index contributed by atoms with van der Waals surface area (Å²) in [4.78, 5) is 29.5. The molecule has 0 aromatic rings. The van der Waals surface area contributed by atoms with Crippen LogP contribution >= 0.6 is 0 Å². The first-order valence-electron chi connectivity index (χ1n) is 7.21. The van der Waals surface area contributed by atoms with E-state index in [-0.39, 0.29) is 35.8 Å². The van der Waals surface area contributed by atoms with Crippen LogP contribution in [0.5, 0.6) is 0 Å². The minimum Gasteiger partial charge on any atom is -0.341 e. The summed E-state index contributed by atoms with van der Waals surface area (Å²) in [5, 5.41) is 0. The molecule has 0 radical (unpaired) electrons. The van der Waals surface area contributed by atoms with Crippen LogP contribution in [0.25, 0.3) is 0 Å². The second-order valence-electron chi connectivity index (χ2n) is 5.92. The van der Waals surface area contributed by atoms with Crippen LogP contribution in [0.15, 0.2) is 0 Å². The first-order chi connectivity index (χ1) is 9.78. The molecule has 0 bridgehead atoms. The van der Waals surface area contributed by atoms with E-state index < -0.39 is 9.84 Å². The zero-order valence-corrected chi connectivity index (χ0v) is 13.4. The lowest BCUT2D eigenvalue weighted by molar-refractivity contribution is -0.141. The number of carbonyl (C=O) groups excluding carboxylic acids is 2. The zero-order chi connectivity index (χ0) is 15.6. The molecule has 2 amide bonds. The molecule has 2 aliphatic heterocycles. The fourth-order valence-corrected chi connectivity index (χ4v) is 4.48. The molecule has 8 heteroatoms. The van der Waals surface area contributed by atoms with Crippen LogP contribution in [0.4, 0.5) is 0 Å². The molecule has 2 aliphatic rings. The van der Waals surface area contributed by atoms with Crippen molar-refractivity contribution in [1.29, 1.82) is 0 Å². The quantitative estimate of drug-likeness (QED) is 0.611. The first kappa shape index (κ1) is 16.2. The van der Waals surface area contributed by atoms with Gasteiger partial charge < -0.3 is 14.7 Å². The molecule has 2 saturated heterocycles. The Labute approximate surface area is 125 Å². The molecule has 21 heavy (non-hydrogen) atoms. The summed E-state index contributed by atoms with van der Waals surface area (Å²) in [6.07, 6.45) is 0.296. The van der Waals surface area contributed by atoms with Gasteiger partial charge in [0.1, 0.15) is 6.42 Å². The summed E-state index contributed by atoms with van der Waals surface area (Å²) in [7, 11) is 0.566. The normalized spacial score (nSPS) is 25.8. The predicted molar refractivity (Wildman–Crippen MR) is 78.5 cm³/mol. The Kier molecular flexibility index (Phi) is 4.88. The fraction of sp³-hybridized carbons (Fsp3) is 0.846. The SMILES string of the molecule is CN1CCN(C(=O)CC(=O)N(C)C2CCS(=O)(=O)C2)CC1. The minimum atomic E-state index is -3.02. The van der Waals surface area contributed by atoms with E-state index in [1.54, 1.807) is 11.9 Å². The molecule has 0 aromatic carbocycles. The van der Waals surface area contributed by atoms with Gasteiger partial charge in [-0.1, -0.05) is 0 Å². The molecule has 0 N–H and O–H groups in total. The smallest absolute Gasteiger partial charge is 0.232 e. The summed E-state index contributed by atoms with van der Waals surface area (Å²) >= 11 is 0. The maximum Gasteiger partial charge on any atom is 0.232 e. The number of hydrogen-bond acceptors (Lipinski definition) is 5. The lowest BCUT2D eigenvalue weighted by Gasteiger charge is -2.33. The van der Waals surface area contributed by atoms with Crippen molar-refractivity contribution in [3.63, 3.8) is 0 Å². The fourth-order valence-electron chi connectivity index (χ4n) is 2.71. The second-order valence-corrected chi connectivity index (χ2v) is 8.15. The number of piperazine rings is 1. The zero-order valence-electron chi connectivity index (χ0n) is 12.6. The molecule has 0 aromatic heterocycles. The van der Waals surface area contributed by atoms with E-state index in [4.69, 9.17) is 0 Å². The summed E-state index contributed by atoms with van der Waals surface area (Å²) in [6.45, 7) is 2.92. The Balaban J connectivity index is 1.85. The third kappa shape index (κ3) is 4.16. The lowest BCUT2D eigenvalue weighted by Crippen LogP contribution is -2.48. The summed E-state index contributed by atoms with van der Waals surface area (Å²) in [5.74, 6) is -0.318. The molecule has 7 nitrogen and oxygen atoms in total. The molecule has 2 rings (SSSR count). The van der Waals surface area contributed by atoms with Gasteiger partial charge in [0, 0.05) is 39.3 Å². The van der Waals surface area contributed by atoms with Gasteiger partial charge in [-0.15, -0.1) is 0 Å². The van der Waals surface area contributed by atoms with Crippen LogP contribution < -0.4 is 0 Å². The van der Waals surface area contributed by atoms with Crippen LogP contribution in [0.3, 0.4) is 0 Å². The number of sulfone groups is 1. The monoisotopic (exact) mass is 317 g/mol. The van der Waals surface area contributed by atoms with Crippen LogP contribution in [-0.4, -0.2) is 92.8 Å². The van der Waals surface area contributed by atoms with Gasteiger partial charge in [-0.25, -0.2) is 8.42 Å². The highest BCUT2D eigenvalue weighted by molar-refractivity contribution is 7.91. The van der Waals surface area contributed by atoms with Gasteiger partial charge in [-0.2, -0.15) is 0 Å². The van der Waals surface area contributed by atoms with Gasteiger partial charge in [0.05, 0.1) is 11.5 Å². The van der Waals surface area contributed by atoms with E-state index >= 15 is 0 Å². The van der Waals surface area contributed by atoms with Crippen LogP contribution in [0, 0.1) is 0 Å². The van der Waals surface area contributed by atoms with E-state index in [0.29, 0.717) is 19.5 Å². The molecule has 2 fully saturated rings. The highest BCUT2D eigenvalue weighted by atomic mass is 32.2. The van der Waals surface area contributed by atoms with Crippen molar-refractivity contribution < 1.29 is 18.0 Å². The Morgan fingerprint density at radius 3 is 2.33 bits per heavy atom. The Bertz CT molecular complexity index is 512. The highest BCUT2D eigenvalue weighted by Gasteiger charge is 2.33. The topological polar surface area (TPSA) is 78.0 Å². The van der Waals surface area contributed by atoms with Crippen molar-refractivity contribution in [2.75, 3.05) is 51.8 Å². The number of rotatable bonds is 3. The molecule has 1 atom stereocenters. The molecule has 0 spiro atoms. The van der Waals surface area contributed by atoms with Gasteiger partial charge in [0.15, 0.2) is 9.84 Å². The van der Waals surface area contributed by atoms with Gasteiger partial charge in [-0.3, -0.25) is 9.59 Å². The molecular formula is C13H23N3O4S. The average molecular weight is 317 g/mol. The lowest BCUT2D eigenvalue weighted by atomic mass is 10.2. The first-order valence-corrected chi connectivity index (χ1v) is 9.03. The molecule has 2 heterocycles. The van der Waals surface area contributed by atoms with E-state index in [1.807, 2.05) is 7.05 Å². The maximum absolute atomic E-state index is 12.1. The minimum absolute atomic E-state index is 0.0118. The molecule has 0 aliphatic carbocycles. The third-order valence-corrected chi connectivity index (χ3v) is 6.06. The van der Waals surface area contributed by atoms with E-state index in [2.05, 4.69) is 4.90 Å². The number of nitrogens with zero attached hydrogens (tertiary/aromatic N) is 3. The predicted octanol–water partition coefficient (Wildman–Crippen LogP) is -1.20. The van der Waals surface area contributed by atoms with Crippen molar-refractivity contribution in [2.24, 2.45) is 0 Å². The number of hydrogen-bond donors (Lipinski definition) is 0. The van der Waals surface area contributed by atoms with Gasteiger partial charge in [0.2, 0.25) is 11.8 Å². The molecular weight excluding hydrogens is 294 g/mol. The average Bonchev–Trinajstić information content (AvgIpc) is 2.78. The van der Waals surface area contributed by atoms with Gasteiger partial charge in [-0.05, 0) is 13.5 Å². The highest BCUT2D eigenvalue weighted by Crippen LogP contribution is 2.17. The molecule has 0 saturated carbocycles. The van der Waals surface area contributed by atoms with Crippen LogP contribution in [0.1, 0.15) is 12.8 Å². The Morgan fingerprint density at radius 2 is 1.81 bits per heavy atom. The largest absolute Gasteiger partial charge is 0.341 e. The van der Waals surface area contributed by atoms with Crippen molar-refractivity contribution >= 4 is 21.7 Å². The van der Waals surface area contributed by atoms with Gasteiger partial charge in [0.25, 0.3) is 0 Å². The van der Waals surface area contributed by atoms with Crippen molar-refractivity contribution in [3.8, 4) is 0 Å². The molecule has 1 unspecified atom stereocenters. The van der Waals surface area contributed by atoms with Crippen molar-refractivity contribution in [2.45, 2.75) is 18.9 Å².